The number of halogens is 2. The Morgan fingerprint density at radius 1 is 1.18 bits per heavy atom. The lowest BCUT2D eigenvalue weighted by molar-refractivity contribution is 0.0912. The van der Waals surface area contributed by atoms with E-state index >= 15 is 4.39 Å². The Kier molecular flexibility index (Phi) is 6.06. The summed E-state index contributed by atoms with van der Waals surface area (Å²) < 4.78 is 30.0. The van der Waals surface area contributed by atoms with E-state index in [4.69, 9.17) is 5.73 Å². The summed E-state index contributed by atoms with van der Waals surface area (Å²) in [5.41, 5.74) is 7.78. The average molecular weight is 451 g/mol. The van der Waals surface area contributed by atoms with Crippen LogP contribution < -0.4 is 11.1 Å². The quantitative estimate of drug-likeness (QED) is 0.414. The number of nitrogens with one attached hydrogen (secondary N) is 1. The van der Waals surface area contributed by atoms with Crippen LogP contribution in [0.15, 0.2) is 54.7 Å². The summed E-state index contributed by atoms with van der Waals surface area (Å²) >= 11 is 0. The monoisotopic (exact) mass is 451 g/mol. The van der Waals surface area contributed by atoms with Crippen LogP contribution >= 0.6 is 0 Å². The summed E-state index contributed by atoms with van der Waals surface area (Å²) in [5.74, 6) is -1.53. The number of carbonyl (C=O) groups excluding carboxylic acids is 1. The molecule has 4 rings (SSSR count). The van der Waals surface area contributed by atoms with Crippen LogP contribution in [0.3, 0.4) is 0 Å². The van der Waals surface area contributed by atoms with Gasteiger partial charge in [-0.15, -0.1) is 5.10 Å². The molecule has 1 amide bonds. The maximum Gasteiger partial charge on any atom is 0.254 e. The minimum atomic E-state index is -0.902. The summed E-state index contributed by atoms with van der Waals surface area (Å²) in [6, 6.07) is 11.6. The third-order valence-electron chi connectivity index (χ3n) is 5.45. The lowest BCUT2D eigenvalue weighted by Gasteiger charge is -2.19. The van der Waals surface area contributed by atoms with E-state index in [1.165, 1.54) is 28.8 Å². The lowest BCUT2D eigenvalue weighted by atomic mass is 9.98. The zero-order valence-corrected chi connectivity index (χ0v) is 18.1. The van der Waals surface area contributed by atoms with Crippen LogP contribution in [0.4, 0.5) is 14.7 Å². The maximum atomic E-state index is 15.5. The van der Waals surface area contributed by atoms with Crippen molar-refractivity contribution in [3.05, 3.63) is 83.1 Å². The topological polar surface area (TPSA) is 106 Å². The molecule has 7 nitrogen and oxygen atoms in total. The van der Waals surface area contributed by atoms with E-state index in [-0.39, 0.29) is 23.5 Å². The predicted molar refractivity (Wildman–Crippen MR) is 120 cm³/mol. The van der Waals surface area contributed by atoms with Gasteiger partial charge in [0, 0.05) is 17.8 Å². The summed E-state index contributed by atoms with van der Waals surface area (Å²) in [4.78, 5) is 17.0. The predicted octanol–water partition coefficient (Wildman–Crippen LogP) is 3.81. The fraction of sp³-hybridized carbons (Fsp3) is 0.208. The molecule has 170 valence electrons. The SMILES string of the molecule is Cc1ccc(-c2ccn3nc(N)nc3c2)c(F)c1C(=O)N[C@@H](C)C[C@H](O)c1ccc(F)cc1. The van der Waals surface area contributed by atoms with Crippen LogP contribution in [0.1, 0.15) is 40.9 Å². The van der Waals surface area contributed by atoms with E-state index in [1.54, 1.807) is 44.3 Å². The van der Waals surface area contributed by atoms with Crippen molar-refractivity contribution in [2.24, 2.45) is 0 Å². The molecule has 33 heavy (non-hydrogen) atoms. The number of pyridine rings is 1. The molecule has 0 saturated carbocycles. The van der Waals surface area contributed by atoms with Crippen molar-refractivity contribution in [1.29, 1.82) is 0 Å². The van der Waals surface area contributed by atoms with Gasteiger partial charge in [-0.3, -0.25) is 4.79 Å². The fourth-order valence-electron chi connectivity index (χ4n) is 3.75. The van der Waals surface area contributed by atoms with Gasteiger partial charge in [0.1, 0.15) is 11.6 Å². The number of rotatable bonds is 6. The van der Waals surface area contributed by atoms with E-state index in [1.807, 2.05) is 0 Å². The molecule has 0 unspecified atom stereocenters. The number of carbonyl (C=O) groups is 1. The maximum absolute atomic E-state index is 15.5. The molecule has 0 bridgehead atoms. The van der Waals surface area contributed by atoms with Gasteiger partial charge < -0.3 is 16.2 Å². The highest BCUT2D eigenvalue weighted by Gasteiger charge is 2.22. The number of aliphatic hydroxyl groups is 1. The smallest absolute Gasteiger partial charge is 0.254 e. The Hall–Kier alpha value is -3.85. The number of nitrogens with zero attached hydrogens (tertiary/aromatic N) is 3. The van der Waals surface area contributed by atoms with E-state index < -0.39 is 29.7 Å². The third-order valence-corrected chi connectivity index (χ3v) is 5.45. The molecule has 2 aromatic heterocycles. The van der Waals surface area contributed by atoms with Gasteiger partial charge in [0.05, 0.1) is 11.7 Å². The highest BCUT2D eigenvalue weighted by Crippen LogP contribution is 2.28. The normalized spacial score (nSPS) is 13.1. The molecule has 4 aromatic rings. The highest BCUT2D eigenvalue weighted by atomic mass is 19.1. The minimum Gasteiger partial charge on any atom is -0.388 e. The first-order valence-corrected chi connectivity index (χ1v) is 10.4. The van der Waals surface area contributed by atoms with Gasteiger partial charge in [-0.05, 0) is 61.2 Å². The van der Waals surface area contributed by atoms with Crippen LogP contribution in [0.25, 0.3) is 16.8 Å². The van der Waals surface area contributed by atoms with Crippen molar-refractivity contribution in [2.45, 2.75) is 32.4 Å². The molecule has 4 N–H and O–H groups in total. The van der Waals surface area contributed by atoms with Crippen LogP contribution in [0, 0.1) is 18.6 Å². The van der Waals surface area contributed by atoms with Gasteiger partial charge in [0.25, 0.3) is 5.91 Å². The molecule has 2 heterocycles. The number of hydrogen-bond acceptors (Lipinski definition) is 5. The zero-order valence-electron chi connectivity index (χ0n) is 18.1. The van der Waals surface area contributed by atoms with Crippen LogP contribution in [0.2, 0.25) is 0 Å². The van der Waals surface area contributed by atoms with Crippen molar-refractivity contribution < 1.29 is 18.7 Å². The zero-order chi connectivity index (χ0) is 23.7. The number of nitrogens with two attached hydrogens (primary N) is 1. The molecule has 2 atom stereocenters. The second kappa shape index (κ2) is 8.95. The number of benzene rings is 2. The second-order valence-electron chi connectivity index (χ2n) is 7.98. The number of fused-ring (bicyclic) bond motifs is 1. The molecule has 0 radical (unpaired) electrons. The van der Waals surface area contributed by atoms with E-state index in [9.17, 15) is 14.3 Å². The minimum absolute atomic E-state index is 0.0727. The molecule has 0 spiro atoms. The summed E-state index contributed by atoms with van der Waals surface area (Å²) in [5, 5.41) is 17.1. The number of anilines is 1. The molecule has 0 saturated heterocycles. The van der Waals surface area contributed by atoms with Gasteiger partial charge in [0.15, 0.2) is 5.65 Å². The molecular weight excluding hydrogens is 428 g/mol. The Balaban J connectivity index is 1.55. The van der Waals surface area contributed by atoms with Gasteiger partial charge in [-0.1, -0.05) is 24.3 Å². The molecule has 0 aliphatic carbocycles. The Morgan fingerprint density at radius 3 is 2.64 bits per heavy atom. The second-order valence-corrected chi connectivity index (χ2v) is 7.98. The number of aliphatic hydroxyl groups excluding tert-OH is 1. The van der Waals surface area contributed by atoms with Crippen molar-refractivity contribution in [3.8, 4) is 11.1 Å². The Bertz CT molecular complexity index is 1320. The van der Waals surface area contributed by atoms with Crippen molar-refractivity contribution in [1.82, 2.24) is 19.9 Å². The Morgan fingerprint density at radius 2 is 1.91 bits per heavy atom. The van der Waals surface area contributed by atoms with Crippen molar-refractivity contribution >= 4 is 17.5 Å². The number of hydrogen-bond donors (Lipinski definition) is 3. The first kappa shape index (κ1) is 22.3. The van der Waals surface area contributed by atoms with Crippen LogP contribution in [-0.4, -0.2) is 31.7 Å². The van der Waals surface area contributed by atoms with Gasteiger partial charge in [-0.2, -0.15) is 4.98 Å². The van der Waals surface area contributed by atoms with E-state index in [2.05, 4.69) is 15.4 Å². The standard InChI is InChI=1S/C24H23F2N5O2/c1-13-3-8-18(16-9-10-31-20(12-16)29-24(27)30-31)22(26)21(13)23(33)28-14(2)11-19(32)15-4-6-17(25)7-5-15/h3-10,12,14,19,32H,11H2,1-2H3,(H2,27,30)(H,28,33)/t14-,19-/m0/s1. The number of amides is 1. The van der Waals surface area contributed by atoms with Gasteiger partial charge in [-0.25, -0.2) is 13.3 Å². The molecule has 0 aliphatic rings. The highest BCUT2D eigenvalue weighted by molar-refractivity contribution is 5.97. The number of aromatic nitrogens is 3. The summed E-state index contributed by atoms with van der Waals surface area (Å²) in [6.07, 6.45) is 0.898. The fourth-order valence-corrected chi connectivity index (χ4v) is 3.75. The van der Waals surface area contributed by atoms with Crippen molar-refractivity contribution in [3.63, 3.8) is 0 Å². The van der Waals surface area contributed by atoms with E-state index in [0.717, 1.165) is 0 Å². The third kappa shape index (κ3) is 4.68. The number of aryl methyl sites for hydroxylation is 1. The van der Waals surface area contributed by atoms with Crippen LogP contribution in [0.5, 0.6) is 0 Å². The largest absolute Gasteiger partial charge is 0.388 e. The molecule has 0 aliphatic heterocycles. The summed E-state index contributed by atoms with van der Waals surface area (Å²) in [6.45, 7) is 3.37. The molecular formula is C24H23F2N5O2. The first-order chi connectivity index (χ1) is 15.7. The van der Waals surface area contributed by atoms with Crippen molar-refractivity contribution in [2.75, 3.05) is 5.73 Å². The first-order valence-electron chi connectivity index (χ1n) is 10.4. The van der Waals surface area contributed by atoms with Gasteiger partial charge >= 0.3 is 0 Å². The van der Waals surface area contributed by atoms with Crippen LogP contribution in [-0.2, 0) is 0 Å². The average Bonchev–Trinajstić information content (AvgIpc) is 3.13. The number of nitrogen functional groups attached to an aromatic ring is 1. The molecule has 2 aromatic carbocycles. The summed E-state index contributed by atoms with van der Waals surface area (Å²) in [7, 11) is 0. The Labute approximate surface area is 188 Å². The molecule has 9 heteroatoms. The van der Waals surface area contributed by atoms with E-state index in [0.29, 0.717) is 22.3 Å². The van der Waals surface area contributed by atoms with Gasteiger partial charge in [0.2, 0.25) is 5.95 Å². The molecule has 0 fully saturated rings. The lowest BCUT2D eigenvalue weighted by Crippen LogP contribution is -2.34.